The highest BCUT2D eigenvalue weighted by molar-refractivity contribution is 5.69. The van der Waals surface area contributed by atoms with Crippen molar-refractivity contribution in [2.75, 3.05) is 13.2 Å². The third-order valence-electron chi connectivity index (χ3n) is 4.71. The van der Waals surface area contributed by atoms with Crippen LogP contribution in [0.4, 0.5) is 0 Å². The van der Waals surface area contributed by atoms with Crippen LogP contribution >= 0.6 is 0 Å². The summed E-state index contributed by atoms with van der Waals surface area (Å²) in [7, 11) is 0. The molecular weight excluding hydrogens is 332 g/mol. The highest BCUT2D eigenvalue weighted by atomic mass is 16.6. The summed E-state index contributed by atoms with van der Waals surface area (Å²) >= 11 is 0. The van der Waals surface area contributed by atoms with Gasteiger partial charge in [-0.05, 0) is 32.1 Å². The average Bonchev–Trinajstić information content (AvgIpc) is 3.39. The number of esters is 1. The molecule has 1 fully saturated rings. The summed E-state index contributed by atoms with van der Waals surface area (Å²) in [6.45, 7) is 1.73. The molecule has 3 unspecified atom stereocenters. The minimum atomic E-state index is -0.967. The van der Waals surface area contributed by atoms with E-state index in [1.165, 1.54) is 38.5 Å². The second-order valence-electron chi connectivity index (χ2n) is 7.24. The van der Waals surface area contributed by atoms with Crippen molar-refractivity contribution < 1.29 is 24.5 Å². The maximum atomic E-state index is 11.4. The Morgan fingerprint density at radius 3 is 2.62 bits per heavy atom. The summed E-state index contributed by atoms with van der Waals surface area (Å²) < 4.78 is 10.5. The number of aliphatic hydroxyl groups excluding tert-OH is 2. The number of rotatable bonds is 17. The van der Waals surface area contributed by atoms with Gasteiger partial charge in [0.05, 0.1) is 18.8 Å². The molecule has 26 heavy (non-hydrogen) atoms. The summed E-state index contributed by atoms with van der Waals surface area (Å²) in [6, 6.07) is 0. The third-order valence-corrected chi connectivity index (χ3v) is 4.71. The van der Waals surface area contributed by atoms with Crippen molar-refractivity contribution in [3.8, 4) is 0 Å². The number of carbonyl (C=O) groups is 1. The van der Waals surface area contributed by atoms with Crippen LogP contribution in [-0.4, -0.2) is 47.7 Å². The number of unbranched alkanes of at least 4 members (excludes halogenated alkanes) is 7. The maximum Gasteiger partial charge on any atom is 0.305 e. The van der Waals surface area contributed by atoms with Crippen LogP contribution < -0.4 is 0 Å². The predicted octanol–water partition coefficient (Wildman–Crippen LogP) is 3.91. The first-order valence-electron chi connectivity index (χ1n) is 10.4. The van der Waals surface area contributed by atoms with Gasteiger partial charge < -0.3 is 19.7 Å². The lowest BCUT2D eigenvalue weighted by atomic mass is 10.1. The van der Waals surface area contributed by atoms with E-state index >= 15 is 0 Å². The Balaban J connectivity index is 1.81. The molecule has 0 saturated carbocycles. The van der Waals surface area contributed by atoms with E-state index in [1.807, 2.05) is 0 Å². The lowest BCUT2D eigenvalue weighted by Gasteiger charge is -2.08. The summed E-state index contributed by atoms with van der Waals surface area (Å²) in [5, 5.41) is 17.7. The van der Waals surface area contributed by atoms with Crippen LogP contribution in [0.1, 0.15) is 84.0 Å². The van der Waals surface area contributed by atoms with Gasteiger partial charge in [-0.2, -0.15) is 0 Å². The monoisotopic (exact) mass is 370 g/mol. The number of hydrogen-bond acceptors (Lipinski definition) is 5. The molecule has 1 aliphatic rings. The Kier molecular flexibility index (Phi) is 13.5. The van der Waals surface area contributed by atoms with Crippen molar-refractivity contribution in [1.29, 1.82) is 0 Å². The van der Waals surface area contributed by atoms with Crippen LogP contribution in [-0.2, 0) is 14.3 Å². The average molecular weight is 371 g/mol. The smallest absolute Gasteiger partial charge is 0.305 e. The van der Waals surface area contributed by atoms with Crippen LogP contribution in [0.5, 0.6) is 0 Å². The Labute approximate surface area is 158 Å². The molecular formula is C21H38O5. The molecule has 1 saturated heterocycles. The SMILES string of the molecule is CCCCCC1OC1CC=CCCCCCCCC(=O)OCC(O)CO. The topological polar surface area (TPSA) is 79.3 Å². The van der Waals surface area contributed by atoms with E-state index in [4.69, 9.17) is 19.7 Å². The van der Waals surface area contributed by atoms with E-state index in [-0.39, 0.29) is 19.2 Å². The molecule has 1 rings (SSSR count). The number of ether oxygens (including phenoxy) is 2. The van der Waals surface area contributed by atoms with E-state index < -0.39 is 6.10 Å². The molecule has 0 amide bonds. The molecule has 0 bridgehead atoms. The number of carbonyl (C=O) groups excluding carboxylic acids is 1. The van der Waals surface area contributed by atoms with E-state index in [0.717, 1.165) is 32.1 Å². The molecule has 0 aromatic heterocycles. The fourth-order valence-electron chi connectivity index (χ4n) is 2.96. The molecule has 1 heterocycles. The van der Waals surface area contributed by atoms with Gasteiger partial charge in [-0.25, -0.2) is 0 Å². The first-order chi connectivity index (χ1) is 12.7. The summed E-state index contributed by atoms with van der Waals surface area (Å²) in [6.07, 6.45) is 17.6. The van der Waals surface area contributed by atoms with E-state index in [9.17, 15) is 4.79 Å². The fourth-order valence-corrected chi connectivity index (χ4v) is 2.96. The number of hydrogen-bond donors (Lipinski definition) is 2. The van der Waals surface area contributed by atoms with Gasteiger partial charge in [-0.1, -0.05) is 57.6 Å². The first-order valence-corrected chi connectivity index (χ1v) is 10.4. The van der Waals surface area contributed by atoms with Crippen LogP contribution in [0.25, 0.3) is 0 Å². The molecule has 0 aliphatic carbocycles. The molecule has 5 heteroatoms. The summed E-state index contributed by atoms with van der Waals surface area (Å²) in [5.41, 5.74) is 0. The summed E-state index contributed by atoms with van der Waals surface area (Å²) in [4.78, 5) is 11.4. The quantitative estimate of drug-likeness (QED) is 0.176. The summed E-state index contributed by atoms with van der Waals surface area (Å²) in [5.74, 6) is -0.296. The van der Waals surface area contributed by atoms with Crippen molar-refractivity contribution in [3.63, 3.8) is 0 Å². The largest absolute Gasteiger partial charge is 0.463 e. The fraction of sp³-hybridized carbons (Fsp3) is 0.857. The highest BCUT2D eigenvalue weighted by Crippen LogP contribution is 2.30. The molecule has 3 atom stereocenters. The van der Waals surface area contributed by atoms with Gasteiger partial charge in [0.1, 0.15) is 12.7 Å². The van der Waals surface area contributed by atoms with Crippen LogP contribution in [0, 0.1) is 0 Å². The molecule has 0 aromatic rings. The van der Waals surface area contributed by atoms with Gasteiger partial charge >= 0.3 is 5.97 Å². The van der Waals surface area contributed by atoms with Gasteiger partial charge in [0.25, 0.3) is 0 Å². The van der Waals surface area contributed by atoms with Crippen molar-refractivity contribution in [2.45, 2.75) is 102 Å². The number of allylic oxidation sites excluding steroid dienone is 1. The zero-order valence-corrected chi connectivity index (χ0v) is 16.4. The lowest BCUT2D eigenvalue weighted by molar-refractivity contribution is -0.147. The van der Waals surface area contributed by atoms with Crippen molar-refractivity contribution >= 4 is 5.97 Å². The molecule has 0 aromatic carbocycles. The third kappa shape index (κ3) is 12.4. The zero-order valence-electron chi connectivity index (χ0n) is 16.4. The lowest BCUT2D eigenvalue weighted by Crippen LogP contribution is -2.21. The molecule has 5 nitrogen and oxygen atoms in total. The normalized spacial score (nSPS) is 20.4. The van der Waals surface area contributed by atoms with E-state index in [0.29, 0.717) is 18.6 Å². The van der Waals surface area contributed by atoms with Gasteiger partial charge in [-0.15, -0.1) is 0 Å². The van der Waals surface area contributed by atoms with Crippen molar-refractivity contribution in [3.05, 3.63) is 12.2 Å². The molecule has 0 spiro atoms. The van der Waals surface area contributed by atoms with E-state index in [2.05, 4.69) is 19.1 Å². The Bertz CT molecular complexity index is 383. The first kappa shape index (κ1) is 23.1. The maximum absolute atomic E-state index is 11.4. The standard InChI is InChI=1S/C21H38O5/c1-2-3-10-13-19-20(26-19)14-11-8-6-4-5-7-9-12-15-21(24)25-17-18(23)16-22/h8,11,18-20,22-23H,2-7,9-10,12-17H2,1H3. The molecule has 2 N–H and O–H groups in total. The van der Waals surface area contributed by atoms with Crippen molar-refractivity contribution in [1.82, 2.24) is 0 Å². The minimum absolute atomic E-state index is 0.118. The zero-order chi connectivity index (χ0) is 19.0. The minimum Gasteiger partial charge on any atom is -0.463 e. The molecule has 1 aliphatic heterocycles. The van der Waals surface area contributed by atoms with Gasteiger partial charge in [0.2, 0.25) is 0 Å². The second kappa shape index (κ2) is 15.2. The van der Waals surface area contributed by atoms with E-state index in [1.54, 1.807) is 0 Å². The predicted molar refractivity (Wildman–Crippen MR) is 103 cm³/mol. The van der Waals surface area contributed by atoms with Crippen LogP contribution in [0.15, 0.2) is 12.2 Å². The Morgan fingerprint density at radius 2 is 1.85 bits per heavy atom. The van der Waals surface area contributed by atoms with Crippen LogP contribution in [0.3, 0.4) is 0 Å². The van der Waals surface area contributed by atoms with Gasteiger partial charge in [-0.3, -0.25) is 4.79 Å². The number of aliphatic hydroxyl groups is 2. The van der Waals surface area contributed by atoms with Crippen molar-refractivity contribution in [2.24, 2.45) is 0 Å². The second-order valence-corrected chi connectivity index (χ2v) is 7.24. The Morgan fingerprint density at radius 1 is 1.08 bits per heavy atom. The van der Waals surface area contributed by atoms with Crippen LogP contribution in [0.2, 0.25) is 0 Å². The van der Waals surface area contributed by atoms with Gasteiger partial charge in [0, 0.05) is 6.42 Å². The molecule has 152 valence electrons. The van der Waals surface area contributed by atoms with Gasteiger partial charge in [0.15, 0.2) is 0 Å². The number of epoxide rings is 1. The highest BCUT2D eigenvalue weighted by Gasteiger charge is 2.36. The Hall–Kier alpha value is -0.910. The molecule has 0 radical (unpaired) electrons.